The molecule has 0 saturated heterocycles. The average molecular weight is 321 g/mol. The Bertz CT molecular complexity index is 903. The summed E-state index contributed by atoms with van der Waals surface area (Å²) in [6.45, 7) is 0. The van der Waals surface area contributed by atoms with Crippen LogP contribution in [0.4, 0.5) is 5.82 Å². The van der Waals surface area contributed by atoms with Crippen molar-refractivity contribution in [3.05, 3.63) is 82.9 Å². The smallest absolute Gasteiger partial charge is 0.298 e. The molecule has 0 bridgehead atoms. The van der Waals surface area contributed by atoms with Gasteiger partial charge in [-0.05, 0) is 36.4 Å². The Balaban J connectivity index is 1.91. The quantitative estimate of drug-likeness (QED) is 0.801. The van der Waals surface area contributed by atoms with Gasteiger partial charge in [0.25, 0.3) is 11.5 Å². The number of rotatable bonds is 4. The first kappa shape index (κ1) is 15.5. The Morgan fingerprint density at radius 2 is 1.79 bits per heavy atom. The molecule has 0 unspecified atom stereocenters. The predicted octanol–water partition coefficient (Wildman–Crippen LogP) is 2.49. The van der Waals surface area contributed by atoms with Crippen LogP contribution < -0.4 is 15.6 Å². The van der Waals surface area contributed by atoms with Gasteiger partial charge in [0.2, 0.25) is 0 Å². The van der Waals surface area contributed by atoms with Gasteiger partial charge in [0.05, 0.1) is 7.11 Å². The number of benzene rings is 2. The Labute approximate surface area is 138 Å². The Morgan fingerprint density at radius 3 is 2.46 bits per heavy atom. The molecule has 0 spiro atoms. The standard InChI is InChI=1S/C18H15N3O3/c1-24-15-9-7-14(8-10-15)21-12-11-19-16(18(21)23)20-17(22)13-5-3-2-4-6-13/h2-12H,1H3,(H,19,20,22). The molecule has 6 heteroatoms. The lowest BCUT2D eigenvalue weighted by molar-refractivity contribution is 0.102. The van der Waals surface area contributed by atoms with Crippen LogP contribution in [-0.2, 0) is 0 Å². The highest BCUT2D eigenvalue weighted by Crippen LogP contribution is 2.14. The van der Waals surface area contributed by atoms with Crippen LogP contribution in [0.5, 0.6) is 5.75 Å². The normalized spacial score (nSPS) is 10.2. The summed E-state index contributed by atoms with van der Waals surface area (Å²) in [7, 11) is 1.57. The third-order valence-electron chi connectivity index (χ3n) is 3.46. The number of hydrogen-bond acceptors (Lipinski definition) is 4. The molecular weight excluding hydrogens is 306 g/mol. The van der Waals surface area contributed by atoms with Crippen LogP contribution in [0.2, 0.25) is 0 Å². The molecule has 120 valence electrons. The summed E-state index contributed by atoms with van der Waals surface area (Å²) < 4.78 is 6.51. The van der Waals surface area contributed by atoms with E-state index >= 15 is 0 Å². The second kappa shape index (κ2) is 6.78. The van der Waals surface area contributed by atoms with E-state index in [4.69, 9.17) is 4.74 Å². The first-order chi connectivity index (χ1) is 11.7. The van der Waals surface area contributed by atoms with Crippen molar-refractivity contribution in [1.29, 1.82) is 0 Å². The maximum atomic E-state index is 12.5. The molecule has 1 amide bonds. The van der Waals surface area contributed by atoms with Crippen molar-refractivity contribution < 1.29 is 9.53 Å². The average Bonchev–Trinajstić information content (AvgIpc) is 2.64. The topological polar surface area (TPSA) is 73.2 Å². The van der Waals surface area contributed by atoms with E-state index < -0.39 is 5.56 Å². The van der Waals surface area contributed by atoms with E-state index in [1.807, 2.05) is 6.07 Å². The molecule has 1 N–H and O–H groups in total. The van der Waals surface area contributed by atoms with E-state index in [1.54, 1.807) is 61.8 Å². The van der Waals surface area contributed by atoms with E-state index in [0.29, 0.717) is 17.0 Å². The van der Waals surface area contributed by atoms with Gasteiger partial charge in [-0.25, -0.2) is 4.98 Å². The zero-order chi connectivity index (χ0) is 16.9. The van der Waals surface area contributed by atoms with Gasteiger partial charge in [-0.1, -0.05) is 18.2 Å². The number of nitrogens with zero attached hydrogens (tertiary/aromatic N) is 2. The minimum absolute atomic E-state index is 0.0258. The summed E-state index contributed by atoms with van der Waals surface area (Å²) in [6.07, 6.45) is 3.01. The van der Waals surface area contributed by atoms with Crippen LogP contribution in [0.1, 0.15) is 10.4 Å². The minimum atomic E-state index is -0.410. The highest BCUT2D eigenvalue weighted by molar-refractivity contribution is 6.03. The molecule has 0 fully saturated rings. The molecule has 0 radical (unpaired) electrons. The van der Waals surface area contributed by atoms with Crippen molar-refractivity contribution in [1.82, 2.24) is 9.55 Å². The van der Waals surface area contributed by atoms with Crippen molar-refractivity contribution in [3.8, 4) is 11.4 Å². The molecule has 0 aliphatic rings. The maximum Gasteiger partial charge on any atom is 0.298 e. The summed E-state index contributed by atoms with van der Waals surface area (Å²) in [5.41, 5.74) is 0.698. The van der Waals surface area contributed by atoms with Gasteiger partial charge in [0, 0.05) is 23.6 Å². The summed E-state index contributed by atoms with van der Waals surface area (Å²) >= 11 is 0. The number of carbonyl (C=O) groups is 1. The van der Waals surface area contributed by atoms with E-state index in [1.165, 1.54) is 10.8 Å². The van der Waals surface area contributed by atoms with Crippen LogP contribution in [-0.4, -0.2) is 22.6 Å². The van der Waals surface area contributed by atoms with Gasteiger partial charge in [0.1, 0.15) is 5.75 Å². The lowest BCUT2D eigenvalue weighted by Gasteiger charge is -2.09. The van der Waals surface area contributed by atoms with Crippen LogP contribution in [0, 0.1) is 0 Å². The molecular formula is C18H15N3O3. The second-order valence-electron chi connectivity index (χ2n) is 4.97. The predicted molar refractivity (Wildman–Crippen MR) is 90.8 cm³/mol. The van der Waals surface area contributed by atoms with Crippen molar-refractivity contribution in [3.63, 3.8) is 0 Å². The number of carbonyl (C=O) groups excluding carboxylic acids is 1. The van der Waals surface area contributed by atoms with Crippen molar-refractivity contribution in [2.45, 2.75) is 0 Å². The largest absolute Gasteiger partial charge is 0.497 e. The molecule has 3 rings (SSSR count). The van der Waals surface area contributed by atoms with Crippen molar-refractivity contribution in [2.24, 2.45) is 0 Å². The third-order valence-corrected chi connectivity index (χ3v) is 3.46. The molecule has 1 heterocycles. The number of methoxy groups -OCH3 is 1. The molecule has 0 aliphatic carbocycles. The Morgan fingerprint density at radius 1 is 1.08 bits per heavy atom. The fourth-order valence-electron chi connectivity index (χ4n) is 2.21. The first-order valence-electron chi connectivity index (χ1n) is 7.27. The number of ether oxygens (including phenoxy) is 1. The fourth-order valence-corrected chi connectivity index (χ4v) is 2.21. The SMILES string of the molecule is COc1ccc(-n2ccnc(NC(=O)c3ccccc3)c2=O)cc1. The third kappa shape index (κ3) is 3.17. The lowest BCUT2D eigenvalue weighted by atomic mass is 10.2. The maximum absolute atomic E-state index is 12.5. The summed E-state index contributed by atoms with van der Waals surface area (Å²) in [4.78, 5) is 28.7. The van der Waals surface area contributed by atoms with E-state index in [0.717, 1.165) is 0 Å². The molecule has 3 aromatic rings. The number of aromatic nitrogens is 2. The number of nitrogens with one attached hydrogen (secondary N) is 1. The van der Waals surface area contributed by atoms with Crippen LogP contribution >= 0.6 is 0 Å². The lowest BCUT2D eigenvalue weighted by Crippen LogP contribution is -2.26. The molecule has 2 aromatic carbocycles. The Hall–Kier alpha value is -3.41. The number of amides is 1. The number of hydrogen-bond donors (Lipinski definition) is 1. The van der Waals surface area contributed by atoms with Gasteiger partial charge < -0.3 is 10.1 Å². The Kier molecular flexibility index (Phi) is 4.38. The van der Waals surface area contributed by atoms with Gasteiger partial charge in [-0.15, -0.1) is 0 Å². The second-order valence-corrected chi connectivity index (χ2v) is 4.97. The molecule has 1 aromatic heterocycles. The van der Waals surface area contributed by atoms with Crippen LogP contribution in [0.15, 0.2) is 71.8 Å². The van der Waals surface area contributed by atoms with Crippen molar-refractivity contribution in [2.75, 3.05) is 12.4 Å². The zero-order valence-corrected chi connectivity index (χ0v) is 13.0. The fraction of sp³-hybridized carbons (Fsp3) is 0.0556. The first-order valence-corrected chi connectivity index (χ1v) is 7.27. The summed E-state index contributed by atoms with van der Waals surface area (Å²) in [6, 6.07) is 15.7. The van der Waals surface area contributed by atoms with Crippen molar-refractivity contribution >= 4 is 11.7 Å². The molecule has 6 nitrogen and oxygen atoms in total. The van der Waals surface area contributed by atoms with Gasteiger partial charge in [0.15, 0.2) is 5.82 Å². The molecule has 0 saturated carbocycles. The van der Waals surface area contributed by atoms with E-state index in [-0.39, 0.29) is 11.7 Å². The molecule has 0 aliphatic heterocycles. The van der Waals surface area contributed by atoms with Crippen LogP contribution in [0.3, 0.4) is 0 Å². The molecule has 24 heavy (non-hydrogen) atoms. The highest BCUT2D eigenvalue weighted by Gasteiger charge is 2.11. The van der Waals surface area contributed by atoms with E-state index in [2.05, 4.69) is 10.3 Å². The zero-order valence-electron chi connectivity index (χ0n) is 13.0. The van der Waals surface area contributed by atoms with Gasteiger partial charge in [-0.3, -0.25) is 14.2 Å². The van der Waals surface area contributed by atoms with Gasteiger partial charge in [-0.2, -0.15) is 0 Å². The highest BCUT2D eigenvalue weighted by atomic mass is 16.5. The summed E-state index contributed by atoms with van der Waals surface area (Å²) in [5, 5.41) is 2.55. The number of anilines is 1. The summed E-state index contributed by atoms with van der Waals surface area (Å²) in [5.74, 6) is 0.285. The van der Waals surface area contributed by atoms with E-state index in [9.17, 15) is 9.59 Å². The minimum Gasteiger partial charge on any atom is -0.497 e. The monoisotopic (exact) mass is 321 g/mol. The van der Waals surface area contributed by atoms with Crippen LogP contribution in [0.25, 0.3) is 5.69 Å². The molecule has 0 atom stereocenters. The van der Waals surface area contributed by atoms with Gasteiger partial charge >= 0.3 is 0 Å².